The van der Waals surface area contributed by atoms with Gasteiger partial charge in [-0.25, -0.2) is 5.43 Å². The molecule has 0 atom stereocenters. The summed E-state index contributed by atoms with van der Waals surface area (Å²) >= 11 is 6.13. The molecule has 2 amide bonds. The number of carbonyl (C=O) groups excluding carboxylic acids is 2. The summed E-state index contributed by atoms with van der Waals surface area (Å²) < 4.78 is 2.13. The summed E-state index contributed by atoms with van der Waals surface area (Å²) in [6, 6.07) is 22.5. The van der Waals surface area contributed by atoms with Gasteiger partial charge in [-0.05, 0) is 42.0 Å². The van der Waals surface area contributed by atoms with Crippen LogP contribution >= 0.6 is 11.6 Å². The Bertz CT molecular complexity index is 1330. The first-order chi connectivity index (χ1) is 15.5. The van der Waals surface area contributed by atoms with Crippen molar-refractivity contribution in [1.29, 1.82) is 0 Å². The van der Waals surface area contributed by atoms with Crippen molar-refractivity contribution in [3.63, 3.8) is 0 Å². The number of amides is 2. The number of para-hydroxylation sites is 1. The number of hydrogen-bond donors (Lipinski definition) is 2. The Labute approximate surface area is 190 Å². The Kier molecular flexibility index (Phi) is 6.33. The van der Waals surface area contributed by atoms with Crippen molar-refractivity contribution >= 4 is 46.2 Å². The normalized spacial score (nSPS) is 11.1. The minimum Gasteiger partial charge on any atom is -0.342 e. The topological polar surface area (TPSA) is 75.5 Å². The van der Waals surface area contributed by atoms with E-state index in [4.69, 9.17) is 11.6 Å². The lowest BCUT2D eigenvalue weighted by molar-refractivity contribution is -0.114. The molecule has 0 fully saturated rings. The molecule has 0 unspecified atom stereocenters. The Morgan fingerprint density at radius 2 is 1.84 bits per heavy atom. The molecule has 2 N–H and O–H groups in total. The maximum atomic E-state index is 12.5. The van der Waals surface area contributed by atoms with Crippen LogP contribution in [-0.2, 0) is 11.3 Å². The van der Waals surface area contributed by atoms with Crippen molar-refractivity contribution < 1.29 is 9.59 Å². The Morgan fingerprint density at radius 1 is 1.03 bits per heavy atom. The average Bonchev–Trinajstić information content (AvgIpc) is 3.11. The summed E-state index contributed by atoms with van der Waals surface area (Å²) in [5, 5.41) is 8.53. The van der Waals surface area contributed by atoms with Gasteiger partial charge in [0.2, 0.25) is 5.91 Å². The monoisotopic (exact) mass is 444 g/mol. The minimum atomic E-state index is -0.365. The summed E-state index contributed by atoms with van der Waals surface area (Å²) in [5.74, 6) is -0.564. The van der Waals surface area contributed by atoms with Crippen LogP contribution in [0.25, 0.3) is 10.9 Å². The highest BCUT2D eigenvalue weighted by atomic mass is 35.5. The van der Waals surface area contributed by atoms with Crippen LogP contribution < -0.4 is 10.7 Å². The van der Waals surface area contributed by atoms with E-state index in [0.29, 0.717) is 22.8 Å². The number of rotatable bonds is 6. The number of aromatic nitrogens is 1. The zero-order chi connectivity index (χ0) is 22.5. The van der Waals surface area contributed by atoms with Gasteiger partial charge in [0.05, 0.1) is 6.21 Å². The molecule has 0 aliphatic rings. The predicted molar refractivity (Wildman–Crippen MR) is 128 cm³/mol. The standard InChI is InChI=1S/C25H21ClN4O2/c1-17(31)28-22-9-5-7-19(13-22)25(32)29-27-14-20-16-30(24-11-3-2-10-23(20)24)15-18-6-4-8-21(26)12-18/h2-14,16H,15H2,1H3,(H,28,31)(H,29,32)/b27-14-. The largest absolute Gasteiger partial charge is 0.342 e. The van der Waals surface area contributed by atoms with Crippen LogP contribution in [0.3, 0.4) is 0 Å². The number of hydrazone groups is 1. The molecular weight excluding hydrogens is 424 g/mol. The lowest BCUT2D eigenvalue weighted by Crippen LogP contribution is -2.18. The van der Waals surface area contributed by atoms with E-state index < -0.39 is 0 Å². The summed E-state index contributed by atoms with van der Waals surface area (Å²) in [4.78, 5) is 23.7. The number of hydrogen-bond acceptors (Lipinski definition) is 3. The van der Waals surface area contributed by atoms with Crippen molar-refractivity contribution in [3.8, 4) is 0 Å². The molecule has 7 heteroatoms. The lowest BCUT2D eigenvalue weighted by atomic mass is 10.2. The van der Waals surface area contributed by atoms with Gasteiger partial charge in [0.15, 0.2) is 0 Å². The van der Waals surface area contributed by atoms with Gasteiger partial charge in [0, 0.05) is 52.4 Å². The first-order valence-corrected chi connectivity index (χ1v) is 10.4. The fourth-order valence-corrected chi connectivity index (χ4v) is 3.72. The molecule has 4 aromatic rings. The van der Waals surface area contributed by atoms with E-state index in [1.54, 1.807) is 30.5 Å². The second-order valence-corrected chi connectivity index (χ2v) is 7.76. The van der Waals surface area contributed by atoms with Crippen LogP contribution in [0.1, 0.15) is 28.4 Å². The maximum Gasteiger partial charge on any atom is 0.271 e. The molecule has 0 saturated heterocycles. The molecule has 6 nitrogen and oxygen atoms in total. The number of anilines is 1. The first-order valence-electron chi connectivity index (χ1n) is 10.0. The van der Waals surface area contributed by atoms with Gasteiger partial charge in [0.25, 0.3) is 5.91 Å². The number of fused-ring (bicyclic) bond motifs is 1. The number of nitrogens with one attached hydrogen (secondary N) is 2. The fraction of sp³-hybridized carbons (Fsp3) is 0.0800. The van der Waals surface area contributed by atoms with E-state index in [0.717, 1.165) is 22.0 Å². The van der Waals surface area contributed by atoms with E-state index in [2.05, 4.69) is 20.4 Å². The van der Waals surface area contributed by atoms with Crippen LogP contribution in [0, 0.1) is 0 Å². The van der Waals surface area contributed by atoms with E-state index >= 15 is 0 Å². The van der Waals surface area contributed by atoms with Crippen LogP contribution in [0.5, 0.6) is 0 Å². The van der Waals surface area contributed by atoms with E-state index in [1.165, 1.54) is 6.92 Å². The predicted octanol–water partition coefficient (Wildman–Crippen LogP) is 5.07. The van der Waals surface area contributed by atoms with Crippen LogP contribution in [0.2, 0.25) is 5.02 Å². The molecule has 0 aliphatic heterocycles. The molecule has 1 aromatic heterocycles. The summed E-state index contributed by atoms with van der Waals surface area (Å²) in [5.41, 5.74) is 6.54. The number of nitrogens with zero attached hydrogens (tertiary/aromatic N) is 2. The van der Waals surface area contributed by atoms with Gasteiger partial charge in [-0.15, -0.1) is 0 Å². The van der Waals surface area contributed by atoms with E-state index in [1.807, 2.05) is 54.7 Å². The molecule has 0 bridgehead atoms. The molecule has 160 valence electrons. The average molecular weight is 445 g/mol. The van der Waals surface area contributed by atoms with Gasteiger partial charge in [-0.3, -0.25) is 9.59 Å². The zero-order valence-corrected chi connectivity index (χ0v) is 18.1. The van der Waals surface area contributed by atoms with Gasteiger partial charge in [-0.1, -0.05) is 48.0 Å². The highest BCUT2D eigenvalue weighted by Gasteiger charge is 2.09. The molecule has 0 spiro atoms. The van der Waals surface area contributed by atoms with E-state index in [9.17, 15) is 9.59 Å². The third-order valence-corrected chi connectivity index (χ3v) is 5.11. The number of halogens is 1. The van der Waals surface area contributed by atoms with Gasteiger partial charge in [-0.2, -0.15) is 5.10 Å². The molecule has 4 rings (SSSR count). The van der Waals surface area contributed by atoms with Crippen molar-refractivity contribution in [2.45, 2.75) is 13.5 Å². The molecule has 3 aromatic carbocycles. The molecule has 0 saturated carbocycles. The number of carbonyl (C=O) groups is 2. The highest BCUT2D eigenvalue weighted by molar-refractivity contribution is 6.30. The fourth-order valence-electron chi connectivity index (χ4n) is 3.51. The smallest absolute Gasteiger partial charge is 0.271 e. The van der Waals surface area contributed by atoms with Gasteiger partial charge >= 0.3 is 0 Å². The summed E-state index contributed by atoms with van der Waals surface area (Å²) in [6.45, 7) is 2.08. The molecule has 1 heterocycles. The van der Waals surface area contributed by atoms with Crippen molar-refractivity contribution in [3.05, 3.63) is 101 Å². The first kappa shape index (κ1) is 21.3. The third kappa shape index (κ3) is 5.04. The Morgan fingerprint density at radius 3 is 2.66 bits per heavy atom. The van der Waals surface area contributed by atoms with Crippen LogP contribution in [-0.4, -0.2) is 22.6 Å². The van der Waals surface area contributed by atoms with E-state index in [-0.39, 0.29) is 11.8 Å². The van der Waals surface area contributed by atoms with Crippen LogP contribution in [0.15, 0.2) is 84.1 Å². The second-order valence-electron chi connectivity index (χ2n) is 7.32. The lowest BCUT2D eigenvalue weighted by Gasteiger charge is -2.05. The third-order valence-electron chi connectivity index (χ3n) is 4.88. The molecule has 32 heavy (non-hydrogen) atoms. The summed E-state index contributed by atoms with van der Waals surface area (Å²) in [7, 11) is 0. The minimum absolute atomic E-state index is 0.199. The molecule has 0 radical (unpaired) electrons. The number of benzene rings is 3. The summed E-state index contributed by atoms with van der Waals surface area (Å²) in [6.07, 6.45) is 3.63. The van der Waals surface area contributed by atoms with Gasteiger partial charge < -0.3 is 9.88 Å². The highest BCUT2D eigenvalue weighted by Crippen LogP contribution is 2.22. The van der Waals surface area contributed by atoms with Crippen molar-refractivity contribution in [2.24, 2.45) is 5.10 Å². The SMILES string of the molecule is CC(=O)Nc1cccc(C(=O)N/N=C\c2cn(Cc3cccc(Cl)c3)c3ccccc23)c1. The zero-order valence-electron chi connectivity index (χ0n) is 17.4. The maximum absolute atomic E-state index is 12.5. The second kappa shape index (κ2) is 9.49. The van der Waals surface area contributed by atoms with Crippen LogP contribution in [0.4, 0.5) is 5.69 Å². The molecule has 0 aliphatic carbocycles. The van der Waals surface area contributed by atoms with Gasteiger partial charge in [0.1, 0.15) is 0 Å². The molecular formula is C25H21ClN4O2. The quantitative estimate of drug-likeness (QED) is 0.322. The van der Waals surface area contributed by atoms with Crippen molar-refractivity contribution in [1.82, 2.24) is 9.99 Å². The Hall–Kier alpha value is -3.90. The Balaban J connectivity index is 1.53. The van der Waals surface area contributed by atoms with Crippen molar-refractivity contribution in [2.75, 3.05) is 5.32 Å².